The maximum absolute atomic E-state index is 6.84. The van der Waals surface area contributed by atoms with Crippen molar-refractivity contribution in [3.05, 3.63) is 64.2 Å². The molecule has 0 bridgehead atoms. The monoisotopic (exact) mass is 368 g/mol. The van der Waals surface area contributed by atoms with Gasteiger partial charge in [0.25, 0.3) is 0 Å². The van der Waals surface area contributed by atoms with Gasteiger partial charge in [0.15, 0.2) is 0 Å². The van der Waals surface area contributed by atoms with Crippen molar-refractivity contribution in [3.63, 3.8) is 0 Å². The number of fused-ring (bicyclic) bond motifs is 1. The summed E-state index contributed by atoms with van der Waals surface area (Å²) in [5, 5.41) is 0.821. The number of aliphatic imine (C=N–C) groups is 1. The zero-order chi connectivity index (χ0) is 18.1. The quantitative estimate of drug-likeness (QED) is 0.869. The predicted molar refractivity (Wildman–Crippen MR) is 108 cm³/mol. The first kappa shape index (κ1) is 17.7. The van der Waals surface area contributed by atoms with Crippen LogP contribution in [-0.4, -0.2) is 30.2 Å². The Bertz CT molecular complexity index is 829. The Morgan fingerprint density at radius 2 is 1.92 bits per heavy atom. The van der Waals surface area contributed by atoms with Gasteiger partial charge in [0.05, 0.1) is 17.3 Å². The maximum Gasteiger partial charge on any atom is 0.0677 e. The van der Waals surface area contributed by atoms with Crippen molar-refractivity contribution < 1.29 is 0 Å². The van der Waals surface area contributed by atoms with E-state index < -0.39 is 5.54 Å². The molecule has 2 atom stereocenters. The largest absolute Gasteiger partial charge is 0.321 e. The Labute approximate surface area is 159 Å². The average Bonchev–Trinajstić information content (AvgIpc) is 3.15. The molecule has 0 saturated carbocycles. The first-order valence-electron chi connectivity index (χ1n) is 9.24. The summed E-state index contributed by atoms with van der Waals surface area (Å²) < 4.78 is 0. The van der Waals surface area contributed by atoms with Crippen molar-refractivity contribution in [2.75, 3.05) is 13.1 Å². The molecule has 4 rings (SSSR count). The van der Waals surface area contributed by atoms with Gasteiger partial charge in [0.2, 0.25) is 0 Å². The fourth-order valence-electron chi connectivity index (χ4n) is 4.04. The molecule has 2 aliphatic heterocycles. The number of hydrogen-bond acceptors (Lipinski definition) is 4. The van der Waals surface area contributed by atoms with Crippen LogP contribution in [-0.2, 0) is 18.5 Å². The highest BCUT2D eigenvalue weighted by Gasteiger charge is 2.38. The molecule has 1 saturated heterocycles. The standard InChI is InChI=1S/C21H25ClN4/c22-18-8-7-15(11-16(18)14-26-9-3-4-10-26)12-21(24)17-5-1-2-6-19(17)25-13-20(21)23/h1-2,5-8,11,13,20H,3-4,9-10,12,14,23-24H2. The molecule has 2 aromatic carbocycles. The van der Waals surface area contributed by atoms with E-state index in [1.54, 1.807) is 6.21 Å². The highest BCUT2D eigenvalue weighted by Crippen LogP contribution is 2.36. The third-order valence-corrected chi connectivity index (χ3v) is 5.94. The Balaban J connectivity index is 1.63. The summed E-state index contributed by atoms with van der Waals surface area (Å²) in [5.41, 5.74) is 16.8. The Morgan fingerprint density at radius 1 is 1.15 bits per heavy atom. The van der Waals surface area contributed by atoms with Crippen LogP contribution in [0.5, 0.6) is 0 Å². The van der Waals surface area contributed by atoms with Gasteiger partial charge in [-0.3, -0.25) is 9.89 Å². The summed E-state index contributed by atoms with van der Waals surface area (Å²) in [7, 11) is 0. The Hall–Kier alpha value is -1.72. The molecule has 2 aliphatic rings. The molecular formula is C21H25ClN4. The summed E-state index contributed by atoms with van der Waals surface area (Å²) in [4.78, 5) is 6.91. The Kier molecular flexibility index (Phi) is 4.84. The van der Waals surface area contributed by atoms with Gasteiger partial charge in [-0.1, -0.05) is 41.9 Å². The minimum Gasteiger partial charge on any atom is -0.321 e. The minimum absolute atomic E-state index is 0.324. The van der Waals surface area contributed by atoms with Gasteiger partial charge in [0, 0.05) is 17.8 Å². The van der Waals surface area contributed by atoms with Crippen LogP contribution >= 0.6 is 11.6 Å². The molecule has 2 unspecified atom stereocenters. The van der Waals surface area contributed by atoms with Crippen molar-refractivity contribution in [1.29, 1.82) is 0 Å². The maximum atomic E-state index is 6.84. The lowest BCUT2D eigenvalue weighted by molar-refractivity contribution is 0.331. The van der Waals surface area contributed by atoms with Crippen LogP contribution in [0.15, 0.2) is 47.5 Å². The van der Waals surface area contributed by atoms with Crippen LogP contribution in [0.2, 0.25) is 5.02 Å². The number of hydrogen-bond donors (Lipinski definition) is 2. The van der Waals surface area contributed by atoms with Gasteiger partial charge < -0.3 is 11.5 Å². The van der Waals surface area contributed by atoms with E-state index in [0.29, 0.717) is 6.42 Å². The van der Waals surface area contributed by atoms with Gasteiger partial charge in [-0.05, 0) is 61.2 Å². The summed E-state index contributed by atoms with van der Waals surface area (Å²) in [6.07, 6.45) is 4.97. The second kappa shape index (κ2) is 7.12. The second-order valence-electron chi connectivity index (χ2n) is 7.45. The molecule has 0 aliphatic carbocycles. The van der Waals surface area contributed by atoms with E-state index in [-0.39, 0.29) is 6.04 Å². The lowest BCUT2D eigenvalue weighted by atomic mass is 9.77. The number of halogens is 1. The molecule has 0 amide bonds. The molecule has 0 aromatic heterocycles. The van der Waals surface area contributed by atoms with E-state index in [1.165, 1.54) is 18.4 Å². The Morgan fingerprint density at radius 3 is 2.73 bits per heavy atom. The molecule has 0 radical (unpaired) electrons. The van der Waals surface area contributed by atoms with Crippen molar-refractivity contribution in [2.24, 2.45) is 16.5 Å². The molecule has 1 fully saturated rings. The van der Waals surface area contributed by atoms with E-state index in [2.05, 4.69) is 22.0 Å². The van der Waals surface area contributed by atoms with Gasteiger partial charge in [-0.15, -0.1) is 0 Å². The third-order valence-electron chi connectivity index (χ3n) is 5.57. The number of nitrogens with zero attached hydrogens (tertiary/aromatic N) is 2. The highest BCUT2D eigenvalue weighted by atomic mass is 35.5. The van der Waals surface area contributed by atoms with E-state index in [0.717, 1.165) is 41.5 Å². The van der Waals surface area contributed by atoms with Crippen LogP contribution < -0.4 is 11.5 Å². The molecule has 136 valence electrons. The predicted octanol–water partition coefficient (Wildman–Crippen LogP) is 3.38. The molecule has 5 heteroatoms. The SMILES string of the molecule is NC1C=Nc2ccccc2C1(N)Cc1ccc(Cl)c(CN2CCCC2)c1. The lowest BCUT2D eigenvalue weighted by Crippen LogP contribution is -2.56. The first-order chi connectivity index (χ1) is 12.6. The van der Waals surface area contributed by atoms with Gasteiger partial charge in [-0.25, -0.2) is 0 Å². The molecule has 0 spiro atoms. The molecule has 26 heavy (non-hydrogen) atoms. The topological polar surface area (TPSA) is 67.6 Å². The van der Waals surface area contributed by atoms with Crippen LogP contribution in [0.1, 0.15) is 29.5 Å². The molecule has 2 aromatic rings. The van der Waals surface area contributed by atoms with Crippen LogP contribution in [0.25, 0.3) is 0 Å². The number of rotatable bonds is 4. The van der Waals surface area contributed by atoms with E-state index >= 15 is 0 Å². The molecular weight excluding hydrogens is 344 g/mol. The van der Waals surface area contributed by atoms with Crippen LogP contribution in [0, 0.1) is 0 Å². The first-order valence-corrected chi connectivity index (χ1v) is 9.62. The summed E-state index contributed by atoms with van der Waals surface area (Å²) in [6.45, 7) is 3.19. The second-order valence-corrected chi connectivity index (χ2v) is 7.85. The van der Waals surface area contributed by atoms with Crippen LogP contribution in [0.4, 0.5) is 5.69 Å². The molecule has 2 heterocycles. The zero-order valence-corrected chi connectivity index (χ0v) is 15.6. The molecule has 4 nitrogen and oxygen atoms in total. The van der Waals surface area contributed by atoms with Crippen molar-refractivity contribution in [1.82, 2.24) is 4.90 Å². The minimum atomic E-state index is -0.670. The normalized spacial score (nSPS) is 25.4. The van der Waals surface area contributed by atoms with Crippen molar-refractivity contribution in [3.8, 4) is 0 Å². The summed E-state index contributed by atoms with van der Waals surface area (Å²) in [6, 6.07) is 13.9. The van der Waals surface area contributed by atoms with E-state index in [4.69, 9.17) is 23.1 Å². The third kappa shape index (κ3) is 3.30. The number of nitrogens with two attached hydrogens (primary N) is 2. The van der Waals surface area contributed by atoms with Crippen LogP contribution in [0.3, 0.4) is 0 Å². The van der Waals surface area contributed by atoms with Gasteiger partial charge >= 0.3 is 0 Å². The summed E-state index contributed by atoms with van der Waals surface area (Å²) in [5.74, 6) is 0. The number of benzene rings is 2. The summed E-state index contributed by atoms with van der Waals surface area (Å²) >= 11 is 6.46. The number of likely N-dealkylation sites (tertiary alicyclic amines) is 1. The van der Waals surface area contributed by atoms with Crippen molar-refractivity contribution >= 4 is 23.5 Å². The molecule has 4 N–H and O–H groups in total. The van der Waals surface area contributed by atoms with Gasteiger partial charge in [0.1, 0.15) is 0 Å². The highest BCUT2D eigenvalue weighted by molar-refractivity contribution is 6.31. The smallest absolute Gasteiger partial charge is 0.0677 e. The van der Waals surface area contributed by atoms with Gasteiger partial charge in [-0.2, -0.15) is 0 Å². The van der Waals surface area contributed by atoms with E-state index in [9.17, 15) is 0 Å². The average molecular weight is 369 g/mol. The van der Waals surface area contributed by atoms with E-state index in [1.807, 2.05) is 30.3 Å². The fraction of sp³-hybridized carbons (Fsp3) is 0.381. The lowest BCUT2D eigenvalue weighted by Gasteiger charge is -2.37. The van der Waals surface area contributed by atoms with Crippen molar-refractivity contribution in [2.45, 2.75) is 37.4 Å². The zero-order valence-electron chi connectivity index (χ0n) is 14.9. The fourth-order valence-corrected chi connectivity index (χ4v) is 4.22. The number of para-hydroxylation sites is 1.